The molecule has 0 spiro atoms. The molecule has 1 N–H and O–H groups in total. The lowest BCUT2D eigenvalue weighted by atomic mass is 10.3. The van der Waals surface area contributed by atoms with E-state index in [1.54, 1.807) is 48.6 Å². The molecule has 2 aromatic heterocycles. The summed E-state index contributed by atoms with van der Waals surface area (Å²) in [5.41, 5.74) is 0. The summed E-state index contributed by atoms with van der Waals surface area (Å²) in [6, 6.07) is 5.32. The number of rotatable bonds is 8. The smallest absolute Gasteiger partial charge is 0.175 e. The van der Waals surface area contributed by atoms with Gasteiger partial charge in [-0.1, -0.05) is 11.8 Å². The molecule has 0 bridgehead atoms. The molecule has 1 fully saturated rings. The fourth-order valence-electron chi connectivity index (χ4n) is 3.00. The molecule has 2 aliphatic heterocycles. The number of hydrogen-bond donors (Lipinski definition) is 1. The van der Waals surface area contributed by atoms with Gasteiger partial charge in [-0.2, -0.15) is 0 Å². The normalized spacial score (nSPS) is 20.0. The molecular weight excluding hydrogens is 428 g/mol. The van der Waals surface area contributed by atoms with Crippen LogP contribution in [0.3, 0.4) is 0 Å². The highest BCUT2D eigenvalue weighted by Crippen LogP contribution is 2.30. The summed E-state index contributed by atoms with van der Waals surface area (Å²) >= 11 is 1.62. The SMILES string of the molecule is O=S1(=O)CCC(OCCOc2cc(Oc3cccnc3)cnc2NC2=NCCS2)C1. The molecule has 0 radical (unpaired) electrons. The number of anilines is 1. The van der Waals surface area contributed by atoms with Gasteiger partial charge in [0.1, 0.15) is 18.1 Å². The Morgan fingerprint density at radius 1 is 1.23 bits per heavy atom. The van der Waals surface area contributed by atoms with Gasteiger partial charge in [0.2, 0.25) is 0 Å². The van der Waals surface area contributed by atoms with Crippen molar-refractivity contribution >= 4 is 32.6 Å². The van der Waals surface area contributed by atoms with E-state index in [1.165, 1.54) is 0 Å². The first-order valence-corrected chi connectivity index (χ1v) is 12.4. The molecule has 2 aromatic rings. The zero-order chi connectivity index (χ0) is 20.8. The first-order valence-electron chi connectivity index (χ1n) is 9.54. The first-order chi connectivity index (χ1) is 14.6. The van der Waals surface area contributed by atoms with Gasteiger partial charge in [0, 0.05) is 18.0 Å². The van der Waals surface area contributed by atoms with Crippen molar-refractivity contribution in [1.29, 1.82) is 0 Å². The molecule has 0 aromatic carbocycles. The molecule has 9 nitrogen and oxygen atoms in total. The standard InChI is InChI=1S/C19H22N4O5S2/c24-30(25)9-3-15(13-30)26-6-7-27-17-10-16(28-14-2-1-4-20-11-14)12-22-18(17)23-19-21-5-8-29-19/h1-2,4,10-12,15H,3,5-9,13H2,(H,21,22,23). The topological polar surface area (TPSA) is 112 Å². The molecule has 2 aliphatic rings. The van der Waals surface area contributed by atoms with E-state index in [-0.39, 0.29) is 30.8 Å². The van der Waals surface area contributed by atoms with Crippen LogP contribution >= 0.6 is 11.8 Å². The average Bonchev–Trinajstić information content (AvgIpc) is 3.37. The Hall–Kier alpha value is -2.37. The third-order valence-electron chi connectivity index (χ3n) is 4.39. The van der Waals surface area contributed by atoms with Crippen LogP contribution in [0, 0.1) is 0 Å². The number of ether oxygens (including phenoxy) is 3. The summed E-state index contributed by atoms with van der Waals surface area (Å²) in [4.78, 5) is 12.8. The summed E-state index contributed by atoms with van der Waals surface area (Å²) in [6.07, 6.45) is 5.14. The van der Waals surface area contributed by atoms with Gasteiger partial charge in [-0.15, -0.1) is 0 Å². The minimum atomic E-state index is -2.96. The highest BCUT2D eigenvalue weighted by Gasteiger charge is 2.28. The molecule has 4 rings (SSSR count). The maximum Gasteiger partial charge on any atom is 0.175 e. The van der Waals surface area contributed by atoms with Gasteiger partial charge in [0.25, 0.3) is 0 Å². The fraction of sp³-hybridized carbons (Fsp3) is 0.421. The van der Waals surface area contributed by atoms with Crippen LogP contribution in [0.4, 0.5) is 5.82 Å². The van der Waals surface area contributed by atoms with Crippen LogP contribution in [0.5, 0.6) is 17.2 Å². The van der Waals surface area contributed by atoms with Crippen LogP contribution in [-0.4, -0.2) is 66.7 Å². The minimum Gasteiger partial charge on any atom is -0.487 e. The van der Waals surface area contributed by atoms with Crippen LogP contribution in [0.2, 0.25) is 0 Å². The van der Waals surface area contributed by atoms with Gasteiger partial charge in [0.15, 0.2) is 26.6 Å². The lowest BCUT2D eigenvalue weighted by Crippen LogP contribution is -2.19. The second-order valence-corrected chi connectivity index (χ2v) is 10.0. The first kappa shape index (κ1) is 20.9. The van der Waals surface area contributed by atoms with Crippen LogP contribution < -0.4 is 14.8 Å². The van der Waals surface area contributed by atoms with Gasteiger partial charge in [-0.25, -0.2) is 13.4 Å². The van der Waals surface area contributed by atoms with Gasteiger partial charge < -0.3 is 19.5 Å². The van der Waals surface area contributed by atoms with E-state index in [9.17, 15) is 8.42 Å². The average molecular weight is 451 g/mol. The van der Waals surface area contributed by atoms with Gasteiger partial charge in [-0.05, 0) is 18.6 Å². The minimum absolute atomic E-state index is 0.0762. The Labute approximate surface area is 179 Å². The summed E-state index contributed by atoms with van der Waals surface area (Å²) in [5.74, 6) is 3.31. The molecule has 30 heavy (non-hydrogen) atoms. The summed E-state index contributed by atoms with van der Waals surface area (Å²) < 4.78 is 40.4. The van der Waals surface area contributed by atoms with Crippen LogP contribution in [0.15, 0.2) is 41.8 Å². The van der Waals surface area contributed by atoms with E-state index in [0.717, 1.165) is 17.5 Å². The van der Waals surface area contributed by atoms with Crippen LogP contribution in [0.1, 0.15) is 6.42 Å². The van der Waals surface area contributed by atoms with Crippen molar-refractivity contribution in [1.82, 2.24) is 9.97 Å². The van der Waals surface area contributed by atoms with E-state index < -0.39 is 9.84 Å². The second kappa shape index (κ2) is 9.63. The highest BCUT2D eigenvalue weighted by atomic mass is 32.2. The number of pyridine rings is 2. The van der Waals surface area contributed by atoms with E-state index >= 15 is 0 Å². The van der Waals surface area contributed by atoms with Gasteiger partial charge in [-0.3, -0.25) is 9.98 Å². The Morgan fingerprint density at radius 2 is 2.17 bits per heavy atom. The molecular formula is C19H22N4O5S2. The predicted molar refractivity (Wildman–Crippen MR) is 115 cm³/mol. The number of nitrogens with one attached hydrogen (secondary N) is 1. The predicted octanol–water partition coefficient (Wildman–Crippen LogP) is 2.37. The van der Waals surface area contributed by atoms with Crippen molar-refractivity contribution in [2.45, 2.75) is 12.5 Å². The van der Waals surface area contributed by atoms with Crippen molar-refractivity contribution in [2.24, 2.45) is 4.99 Å². The van der Waals surface area contributed by atoms with Crippen LogP contribution in [-0.2, 0) is 14.6 Å². The monoisotopic (exact) mass is 450 g/mol. The fourth-order valence-corrected chi connectivity index (χ4v) is 5.35. The van der Waals surface area contributed by atoms with Crippen molar-refractivity contribution in [3.05, 3.63) is 36.8 Å². The second-order valence-electron chi connectivity index (χ2n) is 6.71. The molecule has 1 atom stereocenters. The van der Waals surface area contributed by atoms with E-state index in [4.69, 9.17) is 14.2 Å². The van der Waals surface area contributed by atoms with Crippen molar-refractivity contribution in [3.8, 4) is 17.2 Å². The van der Waals surface area contributed by atoms with Gasteiger partial charge >= 0.3 is 0 Å². The molecule has 160 valence electrons. The molecule has 11 heteroatoms. The Morgan fingerprint density at radius 3 is 2.90 bits per heavy atom. The van der Waals surface area contributed by atoms with Crippen molar-refractivity contribution in [2.75, 3.05) is 42.3 Å². The van der Waals surface area contributed by atoms with Crippen molar-refractivity contribution in [3.63, 3.8) is 0 Å². The van der Waals surface area contributed by atoms with E-state index in [0.29, 0.717) is 29.5 Å². The lowest BCUT2D eigenvalue weighted by molar-refractivity contribution is 0.0489. The van der Waals surface area contributed by atoms with Crippen molar-refractivity contribution < 1.29 is 22.6 Å². The summed E-state index contributed by atoms with van der Waals surface area (Å²) in [7, 11) is -2.96. The number of aliphatic imine (C=N–C) groups is 1. The van der Waals surface area contributed by atoms with E-state index in [2.05, 4.69) is 20.3 Å². The Bertz CT molecular complexity index is 1000. The molecule has 1 saturated heterocycles. The Balaban J connectivity index is 1.40. The zero-order valence-electron chi connectivity index (χ0n) is 16.2. The maximum atomic E-state index is 11.5. The molecule has 0 amide bonds. The number of hydrogen-bond acceptors (Lipinski definition) is 10. The molecule has 1 unspecified atom stereocenters. The zero-order valence-corrected chi connectivity index (χ0v) is 17.8. The quantitative estimate of drug-likeness (QED) is 0.606. The lowest BCUT2D eigenvalue weighted by Gasteiger charge is -2.15. The molecule has 0 saturated carbocycles. The van der Waals surface area contributed by atoms with Crippen LogP contribution in [0.25, 0.3) is 0 Å². The number of thioether (sulfide) groups is 1. The highest BCUT2D eigenvalue weighted by molar-refractivity contribution is 8.14. The van der Waals surface area contributed by atoms with Gasteiger partial charge in [0.05, 0.1) is 43.2 Å². The number of nitrogens with zero attached hydrogens (tertiary/aromatic N) is 3. The Kier molecular flexibility index (Phi) is 6.70. The number of aromatic nitrogens is 2. The third kappa shape index (κ3) is 5.83. The van der Waals surface area contributed by atoms with E-state index in [1.807, 2.05) is 0 Å². The molecule has 0 aliphatic carbocycles. The maximum absolute atomic E-state index is 11.5. The third-order valence-corrected chi connectivity index (χ3v) is 7.02. The largest absolute Gasteiger partial charge is 0.487 e. The summed E-state index contributed by atoms with van der Waals surface area (Å²) in [6.45, 7) is 1.30. The molecule has 4 heterocycles. The summed E-state index contributed by atoms with van der Waals surface area (Å²) in [5, 5.41) is 3.97. The number of amidine groups is 1. The number of sulfone groups is 1.